The molecule has 3 rings (SSSR count). The Balaban J connectivity index is 2.00. The number of hydrogen-bond acceptors (Lipinski definition) is 2. The third-order valence-corrected chi connectivity index (χ3v) is 4.37. The summed E-state index contributed by atoms with van der Waals surface area (Å²) in [5.74, 6) is -2.24. The zero-order valence-corrected chi connectivity index (χ0v) is 14.4. The molecular weight excluding hydrogens is 388 g/mol. The van der Waals surface area contributed by atoms with Crippen molar-refractivity contribution in [2.45, 2.75) is 25.1 Å². The number of carboxylic acid groups (broad SMARTS) is 1. The van der Waals surface area contributed by atoms with Crippen molar-refractivity contribution in [3.63, 3.8) is 0 Å². The zero-order chi connectivity index (χ0) is 19.8. The minimum atomic E-state index is -4.90. The lowest BCUT2D eigenvalue weighted by Gasteiger charge is -2.28. The summed E-state index contributed by atoms with van der Waals surface area (Å²) in [4.78, 5) is 11.2. The highest BCUT2D eigenvalue weighted by Crippen LogP contribution is 2.40. The molecule has 0 spiro atoms. The van der Waals surface area contributed by atoms with E-state index in [2.05, 4.69) is 0 Å². The number of ether oxygens (including phenoxy) is 1. The smallest absolute Gasteiger partial charge is 0.430 e. The van der Waals surface area contributed by atoms with E-state index >= 15 is 0 Å². The van der Waals surface area contributed by atoms with Gasteiger partial charge >= 0.3 is 12.1 Å². The van der Waals surface area contributed by atoms with Crippen LogP contribution in [0, 0.1) is 5.82 Å². The van der Waals surface area contributed by atoms with E-state index in [0.717, 1.165) is 6.08 Å². The van der Waals surface area contributed by atoms with Gasteiger partial charge in [-0.15, -0.1) is 0 Å². The van der Waals surface area contributed by atoms with Gasteiger partial charge in [0.15, 0.2) is 0 Å². The second-order valence-corrected chi connectivity index (χ2v) is 6.46. The van der Waals surface area contributed by atoms with Crippen LogP contribution >= 0.6 is 11.6 Å². The molecule has 0 aromatic heterocycles. The average Bonchev–Trinajstić information content (AvgIpc) is 2.58. The lowest BCUT2D eigenvalue weighted by Crippen LogP contribution is -2.40. The van der Waals surface area contributed by atoms with Gasteiger partial charge in [-0.25, -0.2) is 9.18 Å². The molecule has 0 radical (unpaired) electrons. The van der Waals surface area contributed by atoms with Gasteiger partial charge in [-0.3, -0.25) is 0 Å². The Bertz CT molecular complexity index is 922. The molecule has 1 unspecified atom stereocenters. The average molecular weight is 401 g/mol. The van der Waals surface area contributed by atoms with Gasteiger partial charge in [0, 0.05) is 10.6 Å². The molecule has 2 aromatic carbocycles. The molecule has 1 aliphatic heterocycles. The molecular formula is C19H13ClF4O3. The monoisotopic (exact) mass is 400 g/mol. The van der Waals surface area contributed by atoms with E-state index in [9.17, 15) is 22.4 Å². The Hall–Kier alpha value is -2.54. The minimum Gasteiger partial charge on any atom is -0.478 e. The molecule has 1 heterocycles. The topological polar surface area (TPSA) is 46.5 Å². The Morgan fingerprint density at radius 1 is 1.15 bits per heavy atom. The van der Waals surface area contributed by atoms with Crippen LogP contribution < -0.4 is 4.74 Å². The number of hydrogen-bond donors (Lipinski definition) is 1. The highest BCUT2D eigenvalue weighted by atomic mass is 35.5. The molecule has 1 atom stereocenters. The Labute approximate surface area is 156 Å². The molecule has 0 saturated heterocycles. The van der Waals surface area contributed by atoms with Crippen molar-refractivity contribution in [2.24, 2.45) is 0 Å². The highest BCUT2D eigenvalue weighted by molar-refractivity contribution is 6.30. The van der Waals surface area contributed by atoms with E-state index in [-0.39, 0.29) is 29.2 Å². The van der Waals surface area contributed by atoms with Crippen LogP contribution in [0.25, 0.3) is 6.08 Å². The van der Waals surface area contributed by atoms with Crippen LogP contribution in [0.5, 0.6) is 5.75 Å². The number of rotatable bonds is 4. The van der Waals surface area contributed by atoms with Gasteiger partial charge in [0.2, 0.25) is 6.10 Å². The quantitative estimate of drug-likeness (QED) is 0.730. The molecule has 3 nitrogen and oxygen atoms in total. The van der Waals surface area contributed by atoms with Crippen LogP contribution in [0.2, 0.25) is 5.02 Å². The molecule has 142 valence electrons. The summed E-state index contributed by atoms with van der Waals surface area (Å²) in [7, 11) is 0. The molecule has 0 amide bonds. The first kappa shape index (κ1) is 19.2. The molecule has 2 aromatic rings. The van der Waals surface area contributed by atoms with E-state index < -0.39 is 29.6 Å². The largest absolute Gasteiger partial charge is 0.478 e. The van der Waals surface area contributed by atoms with Gasteiger partial charge in [-0.2, -0.15) is 13.2 Å². The van der Waals surface area contributed by atoms with Crippen molar-refractivity contribution < 1.29 is 32.2 Å². The normalized spacial score (nSPS) is 16.3. The maximum absolute atomic E-state index is 13.8. The van der Waals surface area contributed by atoms with Crippen molar-refractivity contribution in [3.05, 3.63) is 69.5 Å². The van der Waals surface area contributed by atoms with Crippen molar-refractivity contribution >= 4 is 23.6 Å². The fraction of sp³-hybridized carbons (Fsp3) is 0.211. The molecule has 27 heavy (non-hydrogen) atoms. The van der Waals surface area contributed by atoms with Gasteiger partial charge in [-0.1, -0.05) is 29.8 Å². The second-order valence-electron chi connectivity index (χ2n) is 6.02. The number of aryl methyl sites for hydroxylation is 2. The summed E-state index contributed by atoms with van der Waals surface area (Å²) < 4.78 is 58.6. The number of benzene rings is 2. The van der Waals surface area contributed by atoms with E-state index in [4.69, 9.17) is 21.4 Å². The SMILES string of the molecule is O=C(O)C1=Cc2cc(Cl)cc(CCc3ccccc3F)c2OC1C(F)(F)F. The lowest BCUT2D eigenvalue weighted by molar-refractivity contribution is -0.187. The van der Waals surface area contributed by atoms with Crippen LogP contribution in [-0.4, -0.2) is 23.4 Å². The molecule has 1 aliphatic rings. The first-order valence-corrected chi connectivity index (χ1v) is 8.28. The third kappa shape index (κ3) is 4.08. The van der Waals surface area contributed by atoms with Gasteiger partial charge in [-0.05, 0) is 48.2 Å². The van der Waals surface area contributed by atoms with Crippen molar-refractivity contribution in [1.82, 2.24) is 0 Å². The molecule has 8 heteroatoms. The second kappa shape index (κ2) is 7.23. The number of carboxylic acids is 1. The van der Waals surface area contributed by atoms with Crippen molar-refractivity contribution in [3.8, 4) is 5.75 Å². The van der Waals surface area contributed by atoms with Gasteiger partial charge in [0.1, 0.15) is 11.6 Å². The molecule has 0 bridgehead atoms. The summed E-state index contributed by atoms with van der Waals surface area (Å²) in [6, 6.07) is 8.83. The maximum Gasteiger partial charge on any atom is 0.430 e. The number of fused-ring (bicyclic) bond motifs is 1. The minimum absolute atomic E-state index is 0.0944. The first-order valence-electron chi connectivity index (χ1n) is 7.91. The van der Waals surface area contributed by atoms with Crippen LogP contribution in [-0.2, 0) is 17.6 Å². The van der Waals surface area contributed by atoms with Gasteiger partial charge in [0.25, 0.3) is 0 Å². The maximum atomic E-state index is 13.8. The predicted octanol–water partition coefficient (Wildman–Crippen LogP) is 5.06. The Morgan fingerprint density at radius 3 is 2.44 bits per heavy atom. The molecule has 0 fully saturated rings. The number of halogens is 5. The van der Waals surface area contributed by atoms with Crippen molar-refractivity contribution in [2.75, 3.05) is 0 Å². The van der Waals surface area contributed by atoms with E-state index in [1.807, 2.05) is 0 Å². The van der Waals surface area contributed by atoms with Crippen molar-refractivity contribution in [1.29, 1.82) is 0 Å². The Morgan fingerprint density at radius 2 is 1.81 bits per heavy atom. The van der Waals surface area contributed by atoms with Crippen LogP contribution in [0.3, 0.4) is 0 Å². The van der Waals surface area contributed by atoms with E-state index in [0.29, 0.717) is 11.1 Å². The van der Waals surface area contributed by atoms with Gasteiger partial charge in [0.05, 0.1) is 5.57 Å². The summed E-state index contributed by atoms with van der Waals surface area (Å²) in [5, 5.41) is 9.31. The standard InChI is InChI=1S/C19H13ClF4O3/c20-13-7-11(6-5-10-3-1-2-4-15(10)21)16-12(8-13)9-14(18(25)26)17(27-16)19(22,23)24/h1-4,7-9,17H,5-6H2,(H,25,26). The van der Waals surface area contributed by atoms with Crippen LogP contribution in [0.15, 0.2) is 42.0 Å². The number of alkyl halides is 3. The number of aliphatic carboxylic acids is 1. The van der Waals surface area contributed by atoms with E-state index in [1.165, 1.54) is 24.3 Å². The summed E-state index contributed by atoms with van der Waals surface area (Å²) in [6.07, 6.45) is -6.18. The van der Waals surface area contributed by atoms with Gasteiger partial charge < -0.3 is 9.84 Å². The zero-order valence-electron chi connectivity index (χ0n) is 13.7. The van der Waals surface area contributed by atoms with Crippen LogP contribution in [0.1, 0.15) is 16.7 Å². The lowest BCUT2D eigenvalue weighted by atomic mass is 9.96. The molecule has 0 aliphatic carbocycles. The summed E-state index contributed by atoms with van der Waals surface area (Å²) >= 11 is 6.02. The van der Waals surface area contributed by atoms with Crippen LogP contribution in [0.4, 0.5) is 17.6 Å². The fourth-order valence-corrected chi connectivity index (χ4v) is 3.17. The van der Waals surface area contributed by atoms with E-state index in [1.54, 1.807) is 12.1 Å². The Kier molecular flexibility index (Phi) is 5.15. The predicted molar refractivity (Wildman–Crippen MR) is 91.3 cm³/mol. The number of carbonyl (C=O) groups is 1. The molecule has 0 saturated carbocycles. The molecule has 1 N–H and O–H groups in total. The third-order valence-electron chi connectivity index (χ3n) is 4.15. The summed E-state index contributed by atoms with van der Waals surface area (Å²) in [5.41, 5.74) is -0.0341. The highest BCUT2D eigenvalue weighted by Gasteiger charge is 2.48. The first-order chi connectivity index (χ1) is 12.7. The fourth-order valence-electron chi connectivity index (χ4n) is 2.92. The summed E-state index contributed by atoms with van der Waals surface area (Å²) in [6.45, 7) is 0.